The van der Waals surface area contributed by atoms with Crippen LogP contribution in [0.15, 0.2) is 151 Å². The predicted octanol–water partition coefficient (Wildman–Crippen LogP) is 10.1. The highest BCUT2D eigenvalue weighted by atomic mass is 16.3. The minimum Gasteiger partial charge on any atom is -0.455 e. The van der Waals surface area contributed by atoms with Gasteiger partial charge in [-0.15, -0.1) is 0 Å². The average molecular weight is 577 g/mol. The first kappa shape index (κ1) is 25.3. The lowest BCUT2D eigenvalue weighted by Gasteiger charge is -2.12. The molecule has 9 rings (SSSR count). The number of nitrogens with zero attached hydrogens (tertiary/aromatic N) is 4. The second-order valence-electron chi connectivity index (χ2n) is 11.1. The Morgan fingerprint density at radius 1 is 0.422 bits per heavy atom. The first-order valence-corrected chi connectivity index (χ1v) is 14.9. The lowest BCUT2D eigenvalue weighted by Crippen LogP contribution is -1.92. The van der Waals surface area contributed by atoms with Crippen LogP contribution >= 0.6 is 0 Å². The lowest BCUT2D eigenvalue weighted by molar-refractivity contribution is 0.673. The largest absolute Gasteiger partial charge is 0.455 e. The van der Waals surface area contributed by atoms with Crippen molar-refractivity contribution in [3.63, 3.8) is 0 Å². The van der Waals surface area contributed by atoms with Crippen LogP contribution in [-0.2, 0) is 0 Å². The van der Waals surface area contributed by atoms with E-state index in [1.54, 1.807) is 24.8 Å². The highest BCUT2D eigenvalue weighted by Gasteiger charge is 2.17. The molecule has 5 heteroatoms. The Hall–Kier alpha value is -6.20. The fraction of sp³-hybridized carbons (Fsp3) is 0. The second kappa shape index (κ2) is 10.2. The van der Waals surface area contributed by atoms with E-state index in [0.29, 0.717) is 0 Å². The summed E-state index contributed by atoms with van der Waals surface area (Å²) in [6.45, 7) is 0. The zero-order chi connectivity index (χ0) is 29.7. The number of pyridine rings is 4. The monoisotopic (exact) mass is 576 g/mol. The van der Waals surface area contributed by atoms with Gasteiger partial charge in [-0.2, -0.15) is 0 Å². The maximum Gasteiger partial charge on any atom is 0.144 e. The van der Waals surface area contributed by atoms with Crippen molar-refractivity contribution in [2.75, 3.05) is 0 Å². The maximum atomic E-state index is 6.50. The van der Waals surface area contributed by atoms with Gasteiger partial charge in [0.05, 0.1) is 22.6 Å². The Morgan fingerprint density at radius 2 is 1.02 bits per heavy atom. The second-order valence-corrected chi connectivity index (χ2v) is 11.1. The van der Waals surface area contributed by atoms with Gasteiger partial charge in [-0.1, -0.05) is 66.7 Å². The summed E-state index contributed by atoms with van der Waals surface area (Å²) in [4.78, 5) is 18.6. The van der Waals surface area contributed by atoms with Crippen molar-refractivity contribution >= 4 is 43.6 Å². The molecule has 0 saturated heterocycles. The summed E-state index contributed by atoms with van der Waals surface area (Å²) in [5, 5.41) is 5.48. The van der Waals surface area contributed by atoms with Crippen molar-refractivity contribution in [2.45, 2.75) is 0 Å². The molecule has 210 valence electrons. The van der Waals surface area contributed by atoms with Gasteiger partial charge in [0, 0.05) is 68.4 Å². The summed E-state index contributed by atoms with van der Waals surface area (Å²) in [6.07, 6.45) is 7.18. The fourth-order valence-corrected chi connectivity index (χ4v) is 6.30. The van der Waals surface area contributed by atoms with Crippen LogP contribution in [0.25, 0.3) is 88.5 Å². The molecule has 4 aromatic carbocycles. The molecule has 0 bridgehead atoms. The zero-order valence-electron chi connectivity index (χ0n) is 24.1. The van der Waals surface area contributed by atoms with Crippen molar-refractivity contribution in [3.05, 3.63) is 146 Å². The first-order valence-electron chi connectivity index (χ1n) is 14.9. The van der Waals surface area contributed by atoms with E-state index in [2.05, 4.69) is 88.8 Å². The highest BCUT2D eigenvalue weighted by molar-refractivity contribution is 6.24. The summed E-state index contributed by atoms with van der Waals surface area (Å²) < 4.78 is 6.50. The van der Waals surface area contributed by atoms with Crippen molar-refractivity contribution in [1.82, 2.24) is 19.9 Å². The molecule has 0 aliphatic rings. The first-order chi connectivity index (χ1) is 22.3. The summed E-state index contributed by atoms with van der Waals surface area (Å²) in [6, 6.07) is 41.8. The summed E-state index contributed by atoms with van der Waals surface area (Å²) in [5.74, 6) is 0. The van der Waals surface area contributed by atoms with Crippen LogP contribution in [0.3, 0.4) is 0 Å². The van der Waals surface area contributed by atoms with Crippen molar-refractivity contribution in [2.24, 2.45) is 0 Å². The molecule has 5 aromatic heterocycles. The Kier molecular flexibility index (Phi) is 5.74. The van der Waals surface area contributed by atoms with Crippen molar-refractivity contribution in [1.29, 1.82) is 0 Å². The number of hydrogen-bond donors (Lipinski definition) is 0. The van der Waals surface area contributed by atoms with Gasteiger partial charge in [0.15, 0.2) is 0 Å². The third kappa shape index (κ3) is 4.25. The van der Waals surface area contributed by atoms with Gasteiger partial charge in [-0.25, -0.2) is 9.97 Å². The summed E-state index contributed by atoms with van der Waals surface area (Å²) in [7, 11) is 0. The number of benzene rings is 4. The Morgan fingerprint density at radius 3 is 1.73 bits per heavy atom. The SMILES string of the molecule is c1ccc2c(c1)nc(-c1ccc(-c3cc(-c4ccncc4)nc(-c4ccncc4)c3)cc1)c1ccc3c4ccccc4oc3c12. The van der Waals surface area contributed by atoms with Gasteiger partial charge in [-0.05, 0) is 65.7 Å². The van der Waals surface area contributed by atoms with Crippen LogP contribution in [0, 0.1) is 0 Å². The van der Waals surface area contributed by atoms with Crippen LogP contribution in [0.1, 0.15) is 0 Å². The van der Waals surface area contributed by atoms with Crippen LogP contribution in [0.4, 0.5) is 0 Å². The Balaban J connectivity index is 1.21. The molecule has 5 heterocycles. The van der Waals surface area contributed by atoms with Gasteiger partial charge in [0.2, 0.25) is 0 Å². The van der Waals surface area contributed by atoms with E-state index in [4.69, 9.17) is 14.4 Å². The quantitative estimate of drug-likeness (QED) is 0.195. The molecule has 0 aliphatic carbocycles. The number of rotatable bonds is 4. The molecular formula is C40H24N4O. The van der Waals surface area contributed by atoms with Gasteiger partial charge in [0.1, 0.15) is 11.2 Å². The van der Waals surface area contributed by atoms with Crippen molar-refractivity contribution < 1.29 is 4.42 Å². The average Bonchev–Trinajstić information content (AvgIpc) is 3.51. The van der Waals surface area contributed by atoms with Crippen LogP contribution in [0.2, 0.25) is 0 Å². The molecule has 0 unspecified atom stereocenters. The van der Waals surface area contributed by atoms with Gasteiger partial charge in [-0.3, -0.25) is 9.97 Å². The minimum atomic E-state index is 0.890. The maximum absolute atomic E-state index is 6.50. The number of para-hydroxylation sites is 2. The van der Waals surface area contributed by atoms with E-state index in [1.165, 1.54) is 0 Å². The molecule has 9 aromatic rings. The number of furan rings is 1. The molecule has 0 spiro atoms. The minimum absolute atomic E-state index is 0.890. The van der Waals surface area contributed by atoms with Crippen LogP contribution in [-0.4, -0.2) is 19.9 Å². The van der Waals surface area contributed by atoms with Crippen LogP contribution in [0.5, 0.6) is 0 Å². The lowest BCUT2D eigenvalue weighted by atomic mass is 9.96. The van der Waals surface area contributed by atoms with E-state index < -0.39 is 0 Å². The molecule has 5 nitrogen and oxygen atoms in total. The topological polar surface area (TPSA) is 64.7 Å². The summed E-state index contributed by atoms with van der Waals surface area (Å²) in [5.41, 5.74) is 10.7. The van der Waals surface area contributed by atoms with Crippen molar-refractivity contribution in [3.8, 4) is 44.9 Å². The van der Waals surface area contributed by atoms with E-state index in [1.807, 2.05) is 42.5 Å². The summed E-state index contributed by atoms with van der Waals surface area (Å²) >= 11 is 0. The smallest absolute Gasteiger partial charge is 0.144 e. The molecule has 0 amide bonds. The normalized spacial score (nSPS) is 11.6. The highest BCUT2D eigenvalue weighted by Crippen LogP contribution is 2.41. The number of aromatic nitrogens is 4. The van der Waals surface area contributed by atoms with E-state index in [0.717, 1.165) is 88.5 Å². The number of fused-ring (bicyclic) bond motifs is 7. The predicted molar refractivity (Wildman–Crippen MR) is 182 cm³/mol. The molecule has 0 atom stereocenters. The molecule has 45 heavy (non-hydrogen) atoms. The third-order valence-electron chi connectivity index (χ3n) is 8.48. The van der Waals surface area contributed by atoms with Gasteiger partial charge < -0.3 is 4.42 Å². The van der Waals surface area contributed by atoms with E-state index in [9.17, 15) is 0 Å². The number of hydrogen-bond acceptors (Lipinski definition) is 5. The van der Waals surface area contributed by atoms with Gasteiger partial charge in [0.25, 0.3) is 0 Å². The third-order valence-corrected chi connectivity index (χ3v) is 8.48. The molecule has 0 saturated carbocycles. The zero-order valence-corrected chi connectivity index (χ0v) is 24.1. The molecule has 0 fully saturated rings. The molecular weight excluding hydrogens is 552 g/mol. The Bertz CT molecular complexity index is 2460. The molecule has 0 aliphatic heterocycles. The van der Waals surface area contributed by atoms with E-state index >= 15 is 0 Å². The van der Waals surface area contributed by atoms with E-state index in [-0.39, 0.29) is 0 Å². The van der Waals surface area contributed by atoms with Gasteiger partial charge >= 0.3 is 0 Å². The molecule has 0 N–H and O–H groups in total. The van der Waals surface area contributed by atoms with Crippen LogP contribution < -0.4 is 0 Å². The standard InChI is InChI=1S/C40H24N4O/c1-3-7-34-32(6-1)38-33(14-13-31-30-5-2-4-8-37(30)45-40(31)38)39(44-34)28-11-9-25(10-12-28)29-23-35(26-15-19-41-20-16-26)43-36(24-29)27-17-21-42-22-18-27/h1-24H. The molecule has 0 radical (unpaired) electrons. The fourth-order valence-electron chi connectivity index (χ4n) is 6.30. The Labute approximate surface area is 258 Å².